The number of carbonyl (C=O) groups excluding carboxylic acids is 5. The minimum Gasteiger partial charge on any atom is -0.487 e. The second-order valence-electron chi connectivity index (χ2n) is 15.6. The molecule has 11 nitrogen and oxygen atoms in total. The number of anilines is 1. The van der Waals surface area contributed by atoms with Gasteiger partial charge < -0.3 is 19.9 Å². The molecule has 62 heavy (non-hydrogen) atoms. The van der Waals surface area contributed by atoms with Gasteiger partial charge >= 0.3 is 0 Å². The number of hydrogen-bond donors (Lipinski definition) is 2. The number of carbonyl (C=O) groups is 5. The van der Waals surface area contributed by atoms with E-state index in [2.05, 4.69) is 60.3 Å². The van der Waals surface area contributed by atoms with E-state index in [4.69, 9.17) is 10.9 Å². The first kappa shape index (κ1) is 48.9. The van der Waals surface area contributed by atoms with Gasteiger partial charge in [0.1, 0.15) is 17.9 Å². The molecule has 2 fully saturated rings. The molecule has 12 heteroatoms. The second-order valence-corrected chi connectivity index (χ2v) is 17.4. The van der Waals surface area contributed by atoms with Gasteiger partial charge in [-0.1, -0.05) is 82.9 Å². The summed E-state index contributed by atoms with van der Waals surface area (Å²) < 4.78 is 6.04. The summed E-state index contributed by atoms with van der Waals surface area (Å²) >= 11 is 0. The summed E-state index contributed by atoms with van der Waals surface area (Å²) in [4.78, 5) is 69.0. The molecule has 0 spiro atoms. The molecule has 2 aliphatic rings. The maximum Gasteiger partial charge on any atom is 0.271 e. The molecule has 2 saturated heterocycles. The van der Waals surface area contributed by atoms with Crippen molar-refractivity contribution in [2.45, 2.75) is 105 Å². The van der Waals surface area contributed by atoms with Gasteiger partial charge in [-0.15, -0.1) is 6.13 Å². The van der Waals surface area contributed by atoms with E-state index in [1.165, 1.54) is 28.6 Å². The first-order valence-corrected chi connectivity index (χ1v) is 23.5. The van der Waals surface area contributed by atoms with Crippen molar-refractivity contribution in [3.05, 3.63) is 113 Å². The number of likely N-dealkylation sites (N-methyl/N-ethyl adjacent to an activating group) is 1. The van der Waals surface area contributed by atoms with Crippen molar-refractivity contribution >= 4 is 48.3 Å². The Balaban J connectivity index is 0.00000416. The SMILES string of the molecule is C#P(CCCCCCCCCNc1ccc(C(=O)N(C)C2CCC(=O)NC2=O)c(C=O)c1)C(=O)N1CC(OC(=C)/C=C\C(=C/C)c2ccc(-c3cnccc3C)c(C)c2)C1.CC. The number of allylic oxidation sites excluding steroid dienone is 4. The van der Waals surface area contributed by atoms with Gasteiger partial charge in [0, 0.05) is 49.2 Å². The van der Waals surface area contributed by atoms with E-state index in [-0.39, 0.29) is 41.6 Å². The lowest BCUT2D eigenvalue weighted by atomic mass is 9.94. The number of piperidine rings is 1. The first-order chi connectivity index (χ1) is 29.9. The topological polar surface area (TPSA) is 138 Å². The number of imide groups is 1. The molecule has 0 radical (unpaired) electrons. The van der Waals surface area contributed by atoms with Crippen LogP contribution in [0.25, 0.3) is 16.7 Å². The highest BCUT2D eigenvalue weighted by molar-refractivity contribution is 7.64. The maximum atomic E-state index is 13.1. The molecule has 0 saturated carbocycles. The smallest absolute Gasteiger partial charge is 0.271 e. The highest BCUT2D eigenvalue weighted by Gasteiger charge is 2.34. The number of benzene rings is 2. The van der Waals surface area contributed by atoms with Crippen LogP contribution < -0.4 is 10.6 Å². The van der Waals surface area contributed by atoms with Crippen molar-refractivity contribution in [3.8, 4) is 17.3 Å². The Kier molecular flexibility index (Phi) is 19.4. The van der Waals surface area contributed by atoms with Crippen molar-refractivity contribution in [1.82, 2.24) is 20.1 Å². The summed E-state index contributed by atoms with van der Waals surface area (Å²) in [6.45, 7) is 16.1. The van der Waals surface area contributed by atoms with Crippen molar-refractivity contribution in [1.29, 1.82) is 0 Å². The quantitative estimate of drug-likeness (QED) is 0.0303. The second kappa shape index (κ2) is 24.6. The number of amides is 4. The number of aromatic nitrogens is 1. The minimum atomic E-state index is -1.21. The molecule has 5 rings (SSSR count). The summed E-state index contributed by atoms with van der Waals surface area (Å²) in [6.07, 6.45) is 25.0. The Morgan fingerprint density at radius 3 is 2.35 bits per heavy atom. The van der Waals surface area contributed by atoms with Gasteiger partial charge in [-0.3, -0.25) is 34.3 Å². The van der Waals surface area contributed by atoms with E-state index in [1.54, 1.807) is 23.1 Å². The van der Waals surface area contributed by atoms with Crippen LogP contribution in [0.1, 0.15) is 116 Å². The summed E-state index contributed by atoms with van der Waals surface area (Å²) in [5.41, 5.74) is 8.10. The molecule has 2 aromatic carbocycles. The van der Waals surface area contributed by atoms with Crippen molar-refractivity contribution in [2.75, 3.05) is 38.2 Å². The summed E-state index contributed by atoms with van der Waals surface area (Å²) in [5.74, 6) is -0.746. The third-order valence-electron chi connectivity index (χ3n) is 11.1. The van der Waals surface area contributed by atoms with Crippen LogP contribution in [0.2, 0.25) is 0 Å². The lowest BCUT2D eigenvalue weighted by molar-refractivity contribution is -0.136. The van der Waals surface area contributed by atoms with E-state index in [0.717, 1.165) is 80.0 Å². The van der Waals surface area contributed by atoms with Crippen molar-refractivity contribution < 1.29 is 28.7 Å². The number of pyridine rings is 1. The largest absolute Gasteiger partial charge is 0.487 e. The third-order valence-corrected chi connectivity index (χ3v) is 12.7. The number of aryl methyl sites for hydroxylation is 2. The number of aldehydes is 1. The summed E-state index contributed by atoms with van der Waals surface area (Å²) in [5, 5.41) is 5.59. The molecule has 4 amide bonds. The monoisotopic (exact) mass is 861 g/mol. The Labute approximate surface area is 369 Å². The number of likely N-dealkylation sites (tertiary alicyclic amines) is 1. The van der Waals surface area contributed by atoms with Crippen LogP contribution in [0.3, 0.4) is 0 Å². The zero-order valence-corrected chi connectivity index (χ0v) is 38.3. The molecule has 1 aromatic heterocycles. The Morgan fingerprint density at radius 2 is 1.69 bits per heavy atom. The average molecular weight is 862 g/mol. The maximum absolute atomic E-state index is 13.1. The van der Waals surface area contributed by atoms with Gasteiger partial charge in [0.15, 0.2) is 6.29 Å². The lowest BCUT2D eigenvalue weighted by Gasteiger charge is -2.39. The van der Waals surface area contributed by atoms with E-state index in [0.29, 0.717) is 25.1 Å². The van der Waals surface area contributed by atoms with Gasteiger partial charge in [-0.05, 0) is 112 Å². The molecule has 0 aliphatic carbocycles. The van der Waals surface area contributed by atoms with Crippen molar-refractivity contribution in [2.24, 2.45) is 0 Å². The number of ether oxygens (including phenoxy) is 1. The van der Waals surface area contributed by atoms with Crippen LogP contribution in [0.5, 0.6) is 0 Å². The molecule has 0 bridgehead atoms. The van der Waals surface area contributed by atoms with Gasteiger partial charge in [-0.2, -0.15) is 0 Å². The van der Waals surface area contributed by atoms with E-state index in [1.807, 2.05) is 51.4 Å². The van der Waals surface area contributed by atoms with Crippen LogP contribution in [0.15, 0.2) is 85.4 Å². The number of rotatable bonds is 19. The predicted octanol–water partition coefficient (Wildman–Crippen LogP) is 10.3. The number of unbranched alkanes of at least 4 members (excludes halogenated alkanes) is 6. The zero-order valence-electron chi connectivity index (χ0n) is 37.4. The van der Waals surface area contributed by atoms with E-state index < -0.39 is 25.2 Å². The molecule has 2 N–H and O–H groups in total. The van der Waals surface area contributed by atoms with Gasteiger partial charge in [-0.25, -0.2) is 0 Å². The molecular formula is C50H64N5O6P. The van der Waals surface area contributed by atoms with Crippen LogP contribution in [-0.4, -0.2) is 89.4 Å². The van der Waals surface area contributed by atoms with Gasteiger partial charge in [0.2, 0.25) is 11.8 Å². The highest BCUT2D eigenvalue weighted by Crippen LogP contribution is 2.31. The highest BCUT2D eigenvalue weighted by atomic mass is 31.1. The molecule has 2 unspecified atom stereocenters. The van der Waals surface area contributed by atoms with Gasteiger partial charge in [0.25, 0.3) is 11.6 Å². The Hall–Kier alpha value is -5.76. The molecule has 3 aromatic rings. The van der Waals surface area contributed by atoms with Crippen LogP contribution in [0, 0.1) is 20.0 Å². The number of nitrogens with zero attached hydrogens (tertiary/aromatic N) is 3. The van der Waals surface area contributed by atoms with Crippen LogP contribution in [-0.2, 0) is 14.3 Å². The number of hydrogen-bond acceptors (Lipinski definition) is 8. The predicted molar refractivity (Wildman–Crippen MR) is 252 cm³/mol. The lowest BCUT2D eigenvalue weighted by Crippen LogP contribution is -2.53. The minimum absolute atomic E-state index is 0.0380. The first-order valence-electron chi connectivity index (χ1n) is 21.9. The van der Waals surface area contributed by atoms with E-state index in [9.17, 15) is 24.0 Å². The molecule has 3 heterocycles. The molecule has 2 aliphatic heterocycles. The standard InChI is InChI=1S/C48H58N5O6P.C2H6/c1-7-36(37-17-19-41(34(3)27-37)43-29-49-25-23-33(43)2)16-15-35(4)59-40-30-53(31-40)48(58)60(6)26-14-12-10-8-9-11-13-24-50-39-18-20-42(38(28-39)32-54)47(57)52(5)44-21-22-45(55)51-46(44)56;1-2/h6-7,15-20,23,25,27-29,32,40,44,50H,4,8-14,21-22,24,26,30-31H2,1-3,5H3,(H,51,55,56);1-2H3/b16-15-,36-7+;. The summed E-state index contributed by atoms with van der Waals surface area (Å²) in [7, 11) is 0.297. The number of nitrogens with one attached hydrogen (secondary N) is 2. The fraction of sp³-hybridized carbons (Fsp3) is 0.420. The average Bonchev–Trinajstić information content (AvgIpc) is 3.25. The zero-order chi connectivity index (χ0) is 45.2. The molecular weight excluding hydrogens is 798 g/mol. The van der Waals surface area contributed by atoms with E-state index >= 15 is 0 Å². The fourth-order valence-corrected chi connectivity index (χ4v) is 8.79. The van der Waals surface area contributed by atoms with Gasteiger partial charge in [0.05, 0.1) is 18.7 Å². The van der Waals surface area contributed by atoms with Crippen LogP contribution in [0.4, 0.5) is 10.5 Å². The Bertz CT molecular complexity index is 2220. The summed E-state index contributed by atoms with van der Waals surface area (Å²) in [6, 6.07) is 12.7. The molecule has 330 valence electrons. The normalized spacial score (nSPS) is 15.5. The molecule has 2 atom stereocenters. The van der Waals surface area contributed by atoms with Crippen molar-refractivity contribution in [3.63, 3.8) is 0 Å². The van der Waals surface area contributed by atoms with Crippen LogP contribution >= 0.6 is 7.38 Å². The third kappa shape index (κ3) is 13.6. The Morgan fingerprint density at radius 1 is 0.984 bits per heavy atom. The fourth-order valence-electron chi connectivity index (χ4n) is 7.50.